The maximum Gasteiger partial charge on any atom is 0.262 e. The van der Waals surface area contributed by atoms with Crippen LogP contribution in [-0.2, 0) is 11.2 Å². The zero-order valence-electron chi connectivity index (χ0n) is 15.8. The van der Waals surface area contributed by atoms with Crippen LogP contribution >= 0.6 is 23.2 Å². The molecule has 0 saturated carbocycles. The van der Waals surface area contributed by atoms with Gasteiger partial charge in [0.2, 0.25) is 0 Å². The normalized spacial score (nSPS) is 12.4. The lowest BCUT2D eigenvalue weighted by Gasteiger charge is -2.17. The molecule has 2 heterocycles. The highest BCUT2D eigenvalue weighted by Crippen LogP contribution is 2.32. The van der Waals surface area contributed by atoms with Crippen LogP contribution in [0.4, 0.5) is 11.4 Å². The van der Waals surface area contributed by atoms with Gasteiger partial charge in [0, 0.05) is 35.3 Å². The summed E-state index contributed by atoms with van der Waals surface area (Å²) in [6, 6.07) is 13.8. The summed E-state index contributed by atoms with van der Waals surface area (Å²) in [4.78, 5) is 30.7. The average Bonchev–Trinajstić information content (AvgIpc) is 3.16. The molecule has 4 rings (SSSR count). The molecule has 8 heteroatoms. The lowest BCUT2D eigenvalue weighted by Crippen LogP contribution is -2.28. The Morgan fingerprint density at radius 1 is 1.13 bits per heavy atom. The Balaban J connectivity index is 1.40. The van der Waals surface area contributed by atoms with Crippen LogP contribution in [0.15, 0.2) is 60.9 Å². The summed E-state index contributed by atoms with van der Waals surface area (Å²) >= 11 is 11.9. The number of nitrogens with one attached hydrogen (secondary N) is 1. The number of benzene rings is 2. The van der Waals surface area contributed by atoms with Crippen molar-refractivity contribution in [3.63, 3.8) is 0 Å². The van der Waals surface area contributed by atoms with Crippen LogP contribution in [0.2, 0.25) is 10.0 Å². The molecule has 1 aliphatic rings. The highest BCUT2D eigenvalue weighted by Gasteiger charge is 2.26. The van der Waals surface area contributed by atoms with E-state index in [4.69, 9.17) is 27.9 Å². The summed E-state index contributed by atoms with van der Waals surface area (Å²) in [6.07, 6.45) is 3.90. The molecule has 1 aliphatic heterocycles. The number of rotatable bonds is 5. The van der Waals surface area contributed by atoms with Crippen LogP contribution < -0.4 is 15.0 Å². The third-order valence-corrected chi connectivity index (χ3v) is 5.20. The van der Waals surface area contributed by atoms with Gasteiger partial charge in [0.1, 0.15) is 5.75 Å². The number of anilines is 2. The molecular formula is C22H17Cl2N3O3. The first-order valence-electron chi connectivity index (χ1n) is 9.24. The van der Waals surface area contributed by atoms with Gasteiger partial charge >= 0.3 is 0 Å². The van der Waals surface area contributed by atoms with Gasteiger partial charge in [-0.15, -0.1) is 0 Å². The Morgan fingerprint density at radius 3 is 2.77 bits per heavy atom. The molecule has 0 unspecified atom stereocenters. The van der Waals surface area contributed by atoms with Gasteiger partial charge in [-0.05, 0) is 60.5 Å². The summed E-state index contributed by atoms with van der Waals surface area (Å²) in [6.45, 7) is 0.392. The summed E-state index contributed by atoms with van der Waals surface area (Å²) in [7, 11) is 0. The molecule has 0 radical (unpaired) electrons. The SMILES string of the molecule is O=C(COc1ccc(Cl)cc1Cl)Nc1ccc2c(c1)CCN2C(=O)c1cccnc1. The third kappa shape index (κ3) is 4.40. The van der Waals surface area contributed by atoms with Crippen molar-refractivity contribution in [2.24, 2.45) is 0 Å². The van der Waals surface area contributed by atoms with Crippen molar-refractivity contribution in [2.75, 3.05) is 23.4 Å². The van der Waals surface area contributed by atoms with E-state index in [0.717, 1.165) is 11.3 Å². The maximum atomic E-state index is 12.7. The van der Waals surface area contributed by atoms with Crippen LogP contribution in [0.25, 0.3) is 0 Å². The molecule has 1 aromatic heterocycles. The van der Waals surface area contributed by atoms with Gasteiger partial charge in [-0.25, -0.2) is 0 Å². The van der Waals surface area contributed by atoms with E-state index in [2.05, 4.69) is 10.3 Å². The largest absolute Gasteiger partial charge is 0.482 e. The lowest BCUT2D eigenvalue weighted by atomic mass is 10.1. The van der Waals surface area contributed by atoms with Gasteiger partial charge in [-0.1, -0.05) is 23.2 Å². The molecule has 3 aromatic rings. The van der Waals surface area contributed by atoms with Gasteiger partial charge in [0.15, 0.2) is 6.61 Å². The van der Waals surface area contributed by atoms with Crippen LogP contribution in [0, 0.1) is 0 Å². The molecule has 30 heavy (non-hydrogen) atoms. The molecule has 0 spiro atoms. The van der Waals surface area contributed by atoms with Crippen molar-refractivity contribution in [1.29, 1.82) is 0 Å². The van der Waals surface area contributed by atoms with Gasteiger partial charge < -0.3 is 15.0 Å². The fraction of sp³-hybridized carbons (Fsp3) is 0.136. The van der Waals surface area contributed by atoms with Crippen LogP contribution in [0.3, 0.4) is 0 Å². The first kappa shape index (κ1) is 20.2. The number of nitrogens with zero attached hydrogens (tertiary/aromatic N) is 2. The third-order valence-electron chi connectivity index (χ3n) is 4.67. The summed E-state index contributed by atoms with van der Waals surface area (Å²) in [5.74, 6) is -0.0242. The summed E-state index contributed by atoms with van der Waals surface area (Å²) < 4.78 is 5.45. The molecule has 6 nitrogen and oxygen atoms in total. The average molecular weight is 442 g/mol. The monoisotopic (exact) mass is 441 g/mol. The van der Waals surface area contributed by atoms with E-state index in [1.54, 1.807) is 53.7 Å². The zero-order valence-corrected chi connectivity index (χ0v) is 17.3. The molecule has 0 saturated heterocycles. The topological polar surface area (TPSA) is 71.5 Å². The summed E-state index contributed by atoms with van der Waals surface area (Å²) in [5, 5.41) is 3.63. The zero-order chi connectivity index (χ0) is 21.1. The Morgan fingerprint density at radius 2 is 2.00 bits per heavy atom. The first-order chi connectivity index (χ1) is 14.5. The van der Waals surface area contributed by atoms with Crippen molar-refractivity contribution in [2.45, 2.75) is 6.42 Å². The number of carbonyl (C=O) groups is 2. The number of aromatic nitrogens is 1. The Kier molecular flexibility index (Phi) is 5.88. The standard InChI is InChI=1S/C22H17Cl2N3O3/c23-16-3-6-20(18(24)11-16)30-13-21(28)26-17-4-5-19-14(10-17)7-9-27(19)22(29)15-2-1-8-25-12-15/h1-6,8,10-12H,7,9,13H2,(H,26,28). The van der Waals surface area contributed by atoms with E-state index in [0.29, 0.717) is 40.0 Å². The Labute approximate surface area is 183 Å². The van der Waals surface area contributed by atoms with Crippen molar-refractivity contribution >= 4 is 46.4 Å². The molecule has 2 amide bonds. The number of amides is 2. The highest BCUT2D eigenvalue weighted by molar-refractivity contribution is 6.35. The molecule has 0 fully saturated rings. The second-order valence-corrected chi connectivity index (χ2v) is 7.55. The second-order valence-electron chi connectivity index (χ2n) is 6.70. The minimum absolute atomic E-state index is 0.0909. The molecule has 152 valence electrons. The Bertz CT molecular complexity index is 1110. The minimum Gasteiger partial charge on any atom is -0.482 e. The maximum absolute atomic E-state index is 12.7. The number of ether oxygens (including phenoxy) is 1. The number of halogens is 2. The molecule has 0 bridgehead atoms. The van der Waals surface area contributed by atoms with E-state index in [-0.39, 0.29) is 18.4 Å². The quantitative estimate of drug-likeness (QED) is 0.627. The van der Waals surface area contributed by atoms with Crippen molar-refractivity contribution < 1.29 is 14.3 Å². The van der Waals surface area contributed by atoms with Crippen molar-refractivity contribution in [1.82, 2.24) is 4.98 Å². The second kappa shape index (κ2) is 8.73. The lowest BCUT2D eigenvalue weighted by molar-refractivity contribution is -0.118. The predicted octanol–water partition coefficient (Wildman–Crippen LogP) is 4.61. The fourth-order valence-electron chi connectivity index (χ4n) is 3.27. The van der Waals surface area contributed by atoms with Gasteiger partial charge in [0.25, 0.3) is 11.8 Å². The van der Waals surface area contributed by atoms with Crippen LogP contribution in [0.1, 0.15) is 15.9 Å². The molecule has 1 N–H and O–H groups in total. The number of hydrogen-bond acceptors (Lipinski definition) is 4. The van der Waals surface area contributed by atoms with Crippen molar-refractivity contribution in [3.05, 3.63) is 82.1 Å². The van der Waals surface area contributed by atoms with Gasteiger partial charge in [-0.3, -0.25) is 14.6 Å². The number of hydrogen-bond donors (Lipinski definition) is 1. The van der Waals surface area contributed by atoms with E-state index in [1.807, 2.05) is 12.1 Å². The molecule has 0 atom stereocenters. The highest BCUT2D eigenvalue weighted by atomic mass is 35.5. The van der Waals surface area contributed by atoms with Crippen molar-refractivity contribution in [3.8, 4) is 5.75 Å². The van der Waals surface area contributed by atoms with E-state index >= 15 is 0 Å². The Hall–Kier alpha value is -3.09. The summed E-state index contributed by atoms with van der Waals surface area (Å²) in [5.41, 5.74) is 3.01. The van der Waals surface area contributed by atoms with Gasteiger partial charge in [0.05, 0.1) is 10.6 Å². The van der Waals surface area contributed by atoms with Gasteiger partial charge in [-0.2, -0.15) is 0 Å². The fourth-order valence-corrected chi connectivity index (χ4v) is 3.73. The number of carbonyl (C=O) groups excluding carboxylic acids is 2. The van der Waals surface area contributed by atoms with E-state index < -0.39 is 0 Å². The minimum atomic E-state index is -0.317. The van der Waals surface area contributed by atoms with E-state index in [9.17, 15) is 9.59 Å². The number of pyridine rings is 1. The molecule has 2 aromatic carbocycles. The van der Waals surface area contributed by atoms with E-state index in [1.165, 1.54) is 0 Å². The molecular weight excluding hydrogens is 425 g/mol. The first-order valence-corrected chi connectivity index (χ1v) is 9.99. The predicted molar refractivity (Wildman–Crippen MR) is 117 cm³/mol. The smallest absolute Gasteiger partial charge is 0.262 e. The number of fused-ring (bicyclic) bond motifs is 1. The molecule has 0 aliphatic carbocycles. The van der Waals surface area contributed by atoms with Crippen LogP contribution in [-0.4, -0.2) is 29.9 Å². The van der Waals surface area contributed by atoms with Crippen LogP contribution in [0.5, 0.6) is 5.75 Å².